The van der Waals surface area contributed by atoms with Crippen LogP contribution in [0, 0.1) is 6.92 Å². The van der Waals surface area contributed by atoms with Crippen LogP contribution >= 0.6 is 0 Å². The van der Waals surface area contributed by atoms with Crippen molar-refractivity contribution in [2.45, 2.75) is 27.2 Å². The van der Waals surface area contributed by atoms with Gasteiger partial charge in [0.2, 0.25) is 5.95 Å². The first kappa shape index (κ1) is 19.4. The van der Waals surface area contributed by atoms with Gasteiger partial charge in [-0.15, -0.1) is 0 Å². The zero-order chi connectivity index (χ0) is 19.9. The molecule has 1 heterocycles. The molecule has 6 nitrogen and oxygen atoms in total. The zero-order valence-electron chi connectivity index (χ0n) is 16.3. The Morgan fingerprint density at radius 3 is 2.54 bits per heavy atom. The molecule has 0 aliphatic heterocycles. The maximum Gasteiger partial charge on any atom is 0.338 e. The summed E-state index contributed by atoms with van der Waals surface area (Å²) < 4.78 is 5.00. The normalized spacial score (nSPS) is 10.4. The summed E-state index contributed by atoms with van der Waals surface area (Å²) in [6, 6.07) is 15.1. The monoisotopic (exact) mass is 376 g/mol. The summed E-state index contributed by atoms with van der Waals surface area (Å²) in [5.41, 5.74) is 4.75. The highest BCUT2D eigenvalue weighted by Crippen LogP contribution is 2.24. The molecule has 0 amide bonds. The predicted octanol–water partition coefficient (Wildman–Crippen LogP) is 5.01. The summed E-state index contributed by atoms with van der Waals surface area (Å²) in [5, 5.41) is 6.56. The average molecular weight is 376 g/mol. The van der Waals surface area contributed by atoms with Crippen molar-refractivity contribution >= 4 is 29.1 Å². The molecular formula is C22H24N4O2. The lowest BCUT2D eigenvalue weighted by Gasteiger charge is -2.13. The first-order chi connectivity index (χ1) is 13.6. The largest absolute Gasteiger partial charge is 0.462 e. The molecule has 2 aromatic carbocycles. The van der Waals surface area contributed by atoms with Crippen molar-refractivity contribution in [3.05, 3.63) is 71.4 Å². The highest BCUT2D eigenvalue weighted by Gasteiger charge is 2.08. The maximum atomic E-state index is 11.7. The molecule has 0 spiro atoms. The van der Waals surface area contributed by atoms with Gasteiger partial charge in [0.05, 0.1) is 12.2 Å². The van der Waals surface area contributed by atoms with Crippen LogP contribution < -0.4 is 10.6 Å². The number of benzene rings is 2. The van der Waals surface area contributed by atoms with Crippen LogP contribution in [0.5, 0.6) is 0 Å². The summed E-state index contributed by atoms with van der Waals surface area (Å²) in [7, 11) is 0. The van der Waals surface area contributed by atoms with E-state index in [1.54, 1.807) is 31.3 Å². The highest BCUT2D eigenvalue weighted by atomic mass is 16.5. The fraction of sp³-hybridized carbons (Fsp3) is 0.227. The third-order valence-corrected chi connectivity index (χ3v) is 4.30. The molecule has 0 saturated carbocycles. The fourth-order valence-corrected chi connectivity index (χ4v) is 2.85. The topological polar surface area (TPSA) is 76.1 Å². The third kappa shape index (κ3) is 4.65. The maximum absolute atomic E-state index is 11.7. The molecule has 0 atom stereocenters. The number of carbonyl (C=O) groups is 1. The van der Waals surface area contributed by atoms with Gasteiger partial charge in [-0.1, -0.05) is 25.1 Å². The Hall–Kier alpha value is -3.41. The lowest BCUT2D eigenvalue weighted by atomic mass is 10.1. The van der Waals surface area contributed by atoms with Crippen molar-refractivity contribution in [3.8, 4) is 0 Å². The molecule has 1 aromatic heterocycles. The number of para-hydroxylation sites is 1. The molecule has 0 saturated heterocycles. The second-order valence-electron chi connectivity index (χ2n) is 6.28. The molecule has 3 rings (SSSR count). The smallest absolute Gasteiger partial charge is 0.338 e. The number of aryl methyl sites for hydroxylation is 2. The van der Waals surface area contributed by atoms with Gasteiger partial charge in [-0.25, -0.2) is 9.78 Å². The second-order valence-corrected chi connectivity index (χ2v) is 6.28. The number of aromatic nitrogens is 2. The molecule has 0 radical (unpaired) electrons. The number of esters is 1. The number of nitrogens with zero attached hydrogens (tertiary/aromatic N) is 2. The highest BCUT2D eigenvalue weighted by molar-refractivity contribution is 5.89. The first-order valence-corrected chi connectivity index (χ1v) is 9.33. The Balaban J connectivity index is 1.74. The van der Waals surface area contributed by atoms with Gasteiger partial charge in [-0.2, -0.15) is 4.98 Å². The minimum atomic E-state index is -0.326. The van der Waals surface area contributed by atoms with E-state index in [1.807, 2.05) is 12.1 Å². The molecular weight excluding hydrogens is 352 g/mol. The molecule has 0 aliphatic carbocycles. The van der Waals surface area contributed by atoms with E-state index in [-0.39, 0.29) is 5.97 Å². The van der Waals surface area contributed by atoms with Crippen LogP contribution in [-0.4, -0.2) is 22.5 Å². The van der Waals surface area contributed by atoms with Crippen LogP contribution in [-0.2, 0) is 11.2 Å². The number of hydrogen-bond acceptors (Lipinski definition) is 6. The SMILES string of the molecule is CCOC(=O)c1ccc(Nc2ccnc(Nc3c(C)cccc3CC)n2)cc1. The lowest BCUT2D eigenvalue weighted by molar-refractivity contribution is 0.0526. The lowest BCUT2D eigenvalue weighted by Crippen LogP contribution is -2.05. The van der Waals surface area contributed by atoms with Gasteiger partial charge in [0.1, 0.15) is 5.82 Å². The first-order valence-electron chi connectivity index (χ1n) is 9.33. The molecule has 0 bridgehead atoms. The number of nitrogens with one attached hydrogen (secondary N) is 2. The van der Waals surface area contributed by atoms with Crippen molar-refractivity contribution in [2.24, 2.45) is 0 Å². The van der Waals surface area contributed by atoms with E-state index < -0.39 is 0 Å². The van der Waals surface area contributed by atoms with E-state index in [2.05, 4.69) is 52.6 Å². The van der Waals surface area contributed by atoms with Gasteiger partial charge in [0, 0.05) is 17.6 Å². The number of ether oxygens (including phenoxy) is 1. The molecule has 3 aromatic rings. The summed E-state index contributed by atoms with van der Waals surface area (Å²) in [4.78, 5) is 20.6. The van der Waals surface area contributed by atoms with E-state index in [1.165, 1.54) is 5.56 Å². The Morgan fingerprint density at radius 1 is 1.04 bits per heavy atom. The predicted molar refractivity (Wildman–Crippen MR) is 112 cm³/mol. The Kier molecular flexibility index (Phi) is 6.22. The quantitative estimate of drug-likeness (QED) is 0.565. The Morgan fingerprint density at radius 2 is 1.82 bits per heavy atom. The van der Waals surface area contributed by atoms with Crippen LogP contribution in [0.4, 0.5) is 23.1 Å². The number of anilines is 4. The summed E-state index contributed by atoms with van der Waals surface area (Å²) in [6.07, 6.45) is 2.63. The summed E-state index contributed by atoms with van der Waals surface area (Å²) in [6.45, 7) is 6.33. The van der Waals surface area contributed by atoms with Crippen molar-refractivity contribution in [2.75, 3.05) is 17.2 Å². The Bertz CT molecular complexity index is 955. The van der Waals surface area contributed by atoms with E-state index >= 15 is 0 Å². The molecule has 0 fully saturated rings. The third-order valence-electron chi connectivity index (χ3n) is 4.30. The van der Waals surface area contributed by atoms with E-state index in [4.69, 9.17) is 4.74 Å². The van der Waals surface area contributed by atoms with E-state index in [9.17, 15) is 4.79 Å². The average Bonchev–Trinajstić information content (AvgIpc) is 2.70. The van der Waals surface area contributed by atoms with Crippen LogP contribution in [0.1, 0.15) is 35.3 Å². The van der Waals surface area contributed by atoms with Gasteiger partial charge in [0.15, 0.2) is 0 Å². The molecule has 0 aliphatic rings. The van der Waals surface area contributed by atoms with Crippen molar-refractivity contribution in [3.63, 3.8) is 0 Å². The van der Waals surface area contributed by atoms with Gasteiger partial charge >= 0.3 is 5.97 Å². The Labute approximate surface area is 165 Å². The van der Waals surface area contributed by atoms with Crippen LogP contribution in [0.3, 0.4) is 0 Å². The number of rotatable bonds is 7. The van der Waals surface area contributed by atoms with Gasteiger partial charge in [-0.05, 0) is 61.7 Å². The second kappa shape index (κ2) is 8.99. The standard InChI is InChI=1S/C22H24N4O2/c1-4-16-8-6-7-15(3)20(16)26-22-23-14-13-19(25-22)24-18-11-9-17(10-12-18)21(27)28-5-2/h6-14H,4-5H2,1-3H3,(H2,23,24,25,26). The number of carbonyl (C=O) groups excluding carboxylic acids is 1. The molecule has 28 heavy (non-hydrogen) atoms. The number of hydrogen-bond donors (Lipinski definition) is 2. The van der Waals surface area contributed by atoms with Crippen LogP contribution in [0.25, 0.3) is 0 Å². The van der Waals surface area contributed by atoms with Gasteiger partial charge in [-0.3, -0.25) is 0 Å². The summed E-state index contributed by atoms with van der Waals surface area (Å²) in [5.74, 6) is 0.859. The zero-order valence-corrected chi connectivity index (χ0v) is 16.3. The van der Waals surface area contributed by atoms with Crippen LogP contribution in [0.15, 0.2) is 54.7 Å². The van der Waals surface area contributed by atoms with Gasteiger partial charge < -0.3 is 15.4 Å². The van der Waals surface area contributed by atoms with Gasteiger partial charge in [0.25, 0.3) is 0 Å². The van der Waals surface area contributed by atoms with Crippen molar-refractivity contribution in [1.82, 2.24) is 9.97 Å². The minimum Gasteiger partial charge on any atom is -0.462 e. The summed E-state index contributed by atoms with van der Waals surface area (Å²) >= 11 is 0. The molecule has 6 heteroatoms. The van der Waals surface area contributed by atoms with E-state index in [0.29, 0.717) is 23.9 Å². The van der Waals surface area contributed by atoms with Crippen molar-refractivity contribution < 1.29 is 9.53 Å². The van der Waals surface area contributed by atoms with E-state index in [0.717, 1.165) is 23.4 Å². The molecule has 144 valence electrons. The molecule has 0 unspecified atom stereocenters. The van der Waals surface area contributed by atoms with Crippen LogP contribution in [0.2, 0.25) is 0 Å². The fourth-order valence-electron chi connectivity index (χ4n) is 2.85. The minimum absolute atomic E-state index is 0.326. The molecule has 2 N–H and O–H groups in total. The van der Waals surface area contributed by atoms with Crippen molar-refractivity contribution in [1.29, 1.82) is 0 Å².